The molecule has 0 radical (unpaired) electrons. The zero-order valence-electron chi connectivity index (χ0n) is 16.7. The molecule has 0 saturated heterocycles. The predicted octanol–water partition coefficient (Wildman–Crippen LogP) is 5.75. The molecule has 0 aliphatic heterocycles. The van der Waals surface area contributed by atoms with Crippen molar-refractivity contribution in [2.45, 2.75) is 53.9 Å². The van der Waals surface area contributed by atoms with Gasteiger partial charge in [0.25, 0.3) is 0 Å². The molecule has 0 unspecified atom stereocenters. The molecule has 0 saturated carbocycles. The minimum atomic E-state index is 0.288. The lowest BCUT2D eigenvalue weighted by Crippen LogP contribution is -2.19. The summed E-state index contributed by atoms with van der Waals surface area (Å²) in [4.78, 5) is 4.09. The predicted molar refractivity (Wildman–Crippen MR) is 112 cm³/mol. The van der Waals surface area contributed by atoms with Crippen LogP contribution in [0.25, 0.3) is 0 Å². The second-order valence-corrected chi connectivity index (χ2v) is 7.30. The molecule has 1 rings (SSSR count). The van der Waals surface area contributed by atoms with Crippen LogP contribution in [0.15, 0.2) is 68.8 Å². The van der Waals surface area contributed by atoms with Crippen molar-refractivity contribution in [1.82, 2.24) is 5.43 Å². The second kappa shape index (κ2) is 9.97. The lowest BCUT2D eigenvalue weighted by molar-refractivity contribution is 0.377. The number of nitrogens with zero attached hydrogens (tertiary/aromatic N) is 2. The summed E-state index contributed by atoms with van der Waals surface area (Å²) in [7, 11) is 1.72. The molecule has 1 N–H and O–H groups in total. The first-order valence-electron chi connectivity index (χ1n) is 8.90. The maximum absolute atomic E-state index is 4.09. The first-order chi connectivity index (χ1) is 11.8. The lowest BCUT2D eigenvalue weighted by Gasteiger charge is -2.32. The highest BCUT2D eigenvalue weighted by Crippen LogP contribution is 2.40. The van der Waals surface area contributed by atoms with E-state index in [-0.39, 0.29) is 5.41 Å². The van der Waals surface area contributed by atoms with Gasteiger partial charge in [0.1, 0.15) is 5.84 Å². The van der Waals surface area contributed by atoms with Crippen molar-refractivity contribution in [2.24, 2.45) is 15.5 Å². The zero-order chi connectivity index (χ0) is 18.9. The van der Waals surface area contributed by atoms with Crippen LogP contribution in [0.2, 0.25) is 0 Å². The van der Waals surface area contributed by atoms with E-state index >= 15 is 0 Å². The fourth-order valence-corrected chi connectivity index (χ4v) is 3.12. The zero-order valence-corrected chi connectivity index (χ0v) is 16.7. The van der Waals surface area contributed by atoms with Crippen molar-refractivity contribution in [3.8, 4) is 0 Å². The summed E-state index contributed by atoms with van der Waals surface area (Å²) >= 11 is 0. The van der Waals surface area contributed by atoms with Crippen LogP contribution in [-0.4, -0.2) is 19.6 Å². The van der Waals surface area contributed by atoms with Crippen molar-refractivity contribution < 1.29 is 0 Å². The van der Waals surface area contributed by atoms with Crippen LogP contribution in [0.3, 0.4) is 0 Å². The molecule has 3 heteroatoms. The van der Waals surface area contributed by atoms with Gasteiger partial charge in [0.05, 0.1) is 0 Å². The van der Waals surface area contributed by atoms with E-state index in [1.807, 2.05) is 13.0 Å². The molecule has 0 amide bonds. The standard InChI is InChI=1S/C22H33N3/c1-17(10-8-11-18(2)16-21(23-6)25-24-7)13-14-20-19(3)12-9-15-22(20,4)5/h8,10-11,13-14,16H,7,9,12,15H2,1-6H3,(H,23,25)/b11-8+,14-13+,17-10+,18-16+. The van der Waals surface area contributed by atoms with Gasteiger partial charge in [-0.3, -0.25) is 10.4 Å². The van der Waals surface area contributed by atoms with E-state index < -0.39 is 0 Å². The maximum atomic E-state index is 4.09. The average molecular weight is 340 g/mol. The first kappa shape index (κ1) is 20.9. The topological polar surface area (TPSA) is 36.8 Å². The van der Waals surface area contributed by atoms with Gasteiger partial charge in [0, 0.05) is 13.8 Å². The van der Waals surface area contributed by atoms with Crippen LogP contribution in [-0.2, 0) is 0 Å². The van der Waals surface area contributed by atoms with Crippen LogP contribution in [0, 0.1) is 5.41 Å². The summed E-state index contributed by atoms with van der Waals surface area (Å²) in [5, 5.41) is 3.63. The van der Waals surface area contributed by atoms with Gasteiger partial charge in [-0.2, -0.15) is 5.10 Å². The molecular formula is C22H33N3. The van der Waals surface area contributed by atoms with E-state index in [1.54, 1.807) is 7.05 Å². The number of rotatable bonds is 6. The van der Waals surface area contributed by atoms with Gasteiger partial charge in [0.2, 0.25) is 0 Å². The number of aliphatic imine (C=N–C) groups is 1. The Morgan fingerprint density at radius 1 is 1.20 bits per heavy atom. The Balaban J connectivity index is 2.79. The minimum Gasteiger partial charge on any atom is -0.271 e. The van der Waals surface area contributed by atoms with Crippen molar-refractivity contribution in [3.63, 3.8) is 0 Å². The van der Waals surface area contributed by atoms with E-state index in [2.05, 4.69) is 80.3 Å². The quantitative estimate of drug-likeness (QED) is 0.284. The summed E-state index contributed by atoms with van der Waals surface area (Å²) in [6, 6.07) is 0. The highest BCUT2D eigenvalue weighted by atomic mass is 15.3. The molecule has 0 aromatic heterocycles. The Hall–Kier alpha value is -2.16. The van der Waals surface area contributed by atoms with Gasteiger partial charge < -0.3 is 0 Å². The van der Waals surface area contributed by atoms with Gasteiger partial charge in [-0.1, -0.05) is 55.4 Å². The molecule has 25 heavy (non-hydrogen) atoms. The van der Waals surface area contributed by atoms with Crippen LogP contribution in [0.5, 0.6) is 0 Å². The van der Waals surface area contributed by atoms with Gasteiger partial charge in [-0.15, -0.1) is 0 Å². The van der Waals surface area contributed by atoms with Crippen molar-refractivity contribution in [3.05, 3.63) is 58.7 Å². The second-order valence-electron chi connectivity index (χ2n) is 7.30. The molecule has 0 bridgehead atoms. The number of nitrogens with one attached hydrogen (secondary N) is 1. The van der Waals surface area contributed by atoms with Gasteiger partial charge in [0.15, 0.2) is 0 Å². The van der Waals surface area contributed by atoms with Crippen LogP contribution >= 0.6 is 0 Å². The summed E-state index contributed by atoms with van der Waals surface area (Å²) in [5.41, 5.74) is 8.40. The summed E-state index contributed by atoms with van der Waals surface area (Å²) < 4.78 is 0. The number of hydrogen-bond acceptors (Lipinski definition) is 2. The average Bonchev–Trinajstić information content (AvgIpc) is 2.53. The van der Waals surface area contributed by atoms with Gasteiger partial charge in [-0.05, 0) is 62.7 Å². The third kappa shape index (κ3) is 7.08. The molecule has 0 spiro atoms. The highest BCUT2D eigenvalue weighted by Gasteiger charge is 2.26. The molecule has 3 nitrogen and oxygen atoms in total. The number of hydrogen-bond donors (Lipinski definition) is 1. The third-order valence-corrected chi connectivity index (χ3v) is 4.57. The van der Waals surface area contributed by atoms with Crippen molar-refractivity contribution >= 4 is 12.6 Å². The number of allylic oxidation sites excluding steroid dienone is 9. The van der Waals surface area contributed by atoms with E-state index in [4.69, 9.17) is 0 Å². The molecule has 0 atom stereocenters. The van der Waals surface area contributed by atoms with E-state index in [0.29, 0.717) is 5.84 Å². The van der Waals surface area contributed by atoms with Crippen LogP contribution < -0.4 is 5.43 Å². The molecule has 0 aromatic carbocycles. The smallest absolute Gasteiger partial charge is 0.141 e. The van der Waals surface area contributed by atoms with E-state index in [1.165, 1.54) is 36.0 Å². The van der Waals surface area contributed by atoms with Gasteiger partial charge in [-0.25, -0.2) is 0 Å². The highest BCUT2D eigenvalue weighted by molar-refractivity contribution is 5.93. The normalized spacial score (nSPS) is 19.8. The van der Waals surface area contributed by atoms with E-state index in [9.17, 15) is 0 Å². The molecular weight excluding hydrogens is 306 g/mol. The molecule has 0 fully saturated rings. The van der Waals surface area contributed by atoms with Crippen molar-refractivity contribution in [1.29, 1.82) is 0 Å². The Kier molecular flexibility index (Phi) is 8.33. The fraction of sp³-hybridized carbons (Fsp3) is 0.455. The first-order valence-corrected chi connectivity index (χ1v) is 8.90. The fourth-order valence-electron chi connectivity index (χ4n) is 3.12. The number of amidine groups is 1. The molecule has 1 aliphatic rings. The Morgan fingerprint density at radius 3 is 2.52 bits per heavy atom. The summed E-state index contributed by atoms with van der Waals surface area (Å²) in [6.07, 6.45) is 16.5. The SMILES string of the molecule is C=NNC(/C=C(C)/C=C/C=C(C)/C=C/C1=C(C)CCCC1(C)C)=NC. The van der Waals surface area contributed by atoms with E-state index in [0.717, 1.165) is 5.57 Å². The maximum Gasteiger partial charge on any atom is 0.141 e. The van der Waals surface area contributed by atoms with Crippen LogP contribution in [0.1, 0.15) is 53.9 Å². The minimum absolute atomic E-state index is 0.288. The largest absolute Gasteiger partial charge is 0.271 e. The molecule has 136 valence electrons. The molecule has 0 heterocycles. The number of hydrazone groups is 1. The van der Waals surface area contributed by atoms with Crippen molar-refractivity contribution in [2.75, 3.05) is 7.05 Å². The molecule has 0 aromatic rings. The Bertz CT molecular complexity index is 653. The molecule has 1 aliphatic carbocycles. The summed E-state index contributed by atoms with van der Waals surface area (Å²) in [6.45, 7) is 14.5. The Labute approximate surface area is 153 Å². The Morgan fingerprint density at radius 2 is 1.92 bits per heavy atom. The van der Waals surface area contributed by atoms with Crippen LogP contribution in [0.4, 0.5) is 0 Å². The summed E-state index contributed by atoms with van der Waals surface area (Å²) in [5.74, 6) is 0.694. The van der Waals surface area contributed by atoms with Gasteiger partial charge >= 0.3 is 0 Å². The monoisotopic (exact) mass is 339 g/mol. The lowest BCUT2D eigenvalue weighted by atomic mass is 9.72. The third-order valence-electron chi connectivity index (χ3n) is 4.57.